The lowest BCUT2D eigenvalue weighted by molar-refractivity contribution is 0.409. The number of aromatic nitrogens is 2. The van der Waals surface area contributed by atoms with Gasteiger partial charge in [-0.05, 0) is 25.3 Å². The second-order valence-electron chi connectivity index (χ2n) is 3.88. The van der Waals surface area contributed by atoms with Gasteiger partial charge in [-0.2, -0.15) is 4.98 Å². The molecule has 0 aliphatic carbocycles. The highest BCUT2D eigenvalue weighted by Gasteiger charge is 1.97. The summed E-state index contributed by atoms with van der Waals surface area (Å²) in [4.78, 5) is 3.94. The Balaban J connectivity index is 1.90. The predicted molar refractivity (Wildman–Crippen MR) is 54.9 cm³/mol. The normalized spacial score (nSPS) is 11.1. The van der Waals surface area contributed by atoms with Crippen LogP contribution in [0.25, 0.3) is 0 Å². The molecule has 0 saturated carbocycles. The fourth-order valence-corrected chi connectivity index (χ4v) is 1.26. The smallest absolute Gasteiger partial charge is 0.213 e. The lowest BCUT2D eigenvalue weighted by atomic mass is 10.1. The molecule has 0 saturated heterocycles. The first-order chi connectivity index (χ1) is 6.79. The fraction of sp³-hybridized carbons (Fsp3) is 0.800. The van der Waals surface area contributed by atoms with E-state index in [0.717, 1.165) is 31.3 Å². The maximum atomic E-state index is 4.64. The Hall–Kier alpha value is -0.900. The standard InChI is InChI=1S/C10H19N3O/c1-9(2)4-3-6-11-7-5-10-12-8-14-13-10/h8-9,11H,3-7H2,1-2H3. The summed E-state index contributed by atoms with van der Waals surface area (Å²) in [6.45, 7) is 6.51. The van der Waals surface area contributed by atoms with Gasteiger partial charge in [-0.1, -0.05) is 19.0 Å². The van der Waals surface area contributed by atoms with E-state index in [4.69, 9.17) is 0 Å². The van der Waals surface area contributed by atoms with Gasteiger partial charge in [0.05, 0.1) is 0 Å². The summed E-state index contributed by atoms with van der Waals surface area (Å²) in [7, 11) is 0. The highest BCUT2D eigenvalue weighted by molar-refractivity contribution is 4.78. The highest BCUT2D eigenvalue weighted by Crippen LogP contribution is 2.01. The molecule has 1 aromatic rings. The van der Waals surface area contributed by atoms with Crippen LogP contribution in [0.2, 0.25) is 0 Å². The molecule has 0 spiro atoms. The summed E-state index contributed by atoms with van der Waals surface area (Å²) in [6, 6.07) is 0. The van der Waals surface area contributed by atoms with Crippen LogP contribution in [0.15, 0.2) is 10.9 Å². The first-order valence-corrected chi connectivity index (χ1v) is 5.25. The maximum Gasteiger partial charge on any atom is 0.213 e. The molecule has 0 bridgehead atoms. The van der Waals surface area contributed by atoms with Crippen LogP contribution < -0.4 is 5.32 Å². The van der Waals surface area contributed by atoms with Crippen molar-refractivity contribution < 1.29 is 4.52 Å². The van der Waals surface area contributed by atoms with E-state index >= 15 is 0 Å². The van der Waals surface area contributed by atoms with E-state index in [1.807, 2.05) is 0 Å². The zero-order chi connectivity index (χ0) is 10.2. The SMILES string of the molecule is CC(C)CCCNCCc1ncon1. The molecule has 1 aromatic heterocycles. The molecule has 4 nitrogen and oxygen atoms in total. The van der Waals surface area contributed by atoms with Crippen LogP contribution in [0.4, 0.5) is 0 Å². The van der Waals surface area contributed by atoms with Gasteiger partial charge in [0.25, 0.3) is 0 Å². The molecule has 0 aromatic carbocycles. The molecule has 0 aliphatic heterocycles. The third-order valence-electron chi connectivity index (χ3n) is 2.07. The van der Waals surface area contributed by atoms with Gasteiger partial charge < -0.3 is 9.84 Å². The molecule has 0 fully saturated rings. The summed E-state index contributed by atoms with van der Waals surface area (Å²) >= 11 is 0. The van der Waals surface area contributed by atoms with Crippen molar-refractivity contribution in [2.45, 2.75) is 33.1 Å². The molecule has 0 radical (unpaired) electrons. The van der Waals surface area contributed by atoms with E-state index in [-0.39, 0.29) is 0 Å². The molecular weight excluding hydrogens is 178 g/mol. The molecule has 14 heavy (non-hydrogen) atoms. The summed E-state index contributed by atoms with van der Waals surface area (Å²) < 4.78 is 4.64. The van der Waals surface area contributed by atoms with Crippen molar-refractivity contribution in [2.24, 2.45) is 5.92 Å². The monoisotopic (exact) mass is 197 g/mol. The molecule has 0 aliphatic rings. The van der Waals surface area contributed by atoms with Gasteiger partial charge in [-0.3, -0.25) is 0 Å². The number of hydrogen-bond acceptors (Lipinski definition) is 4. The van der Waals surface area contributed by atoms with Crippen molar-refractivity contribution in [1.82, 2.24) is 15.5 Å². The first kappa shape index (κ1) is 11.2. The van der Waals surface area contributed by atoms with E-state index in [0.29, 0.717) is 0 Å². The Morgan fingerprint density at radius 2 is 2.29 bits per heavy atom. The molecule has 1 heterocycles. The fourth-order valence-electron chi connectivity index (χ4n) is 1.26. The third-order valence-corrected chi connectivity index (χ3v) is 2.07. The Kier molecular flexibility index (Phi) is 5.22. The van der Waals surface area contributed by atoms with Crippen LogP contribution in [-0.4, -0.2) is 23.2 Å². The van der Waals surface area contributed by atoms with Gasteiger partial charge >= 0.3 is 0 Å². The largest absolute Gasteiger partial charge is 0.343 e. The predicted octanol–water partition coefficient (Wildman–Crippen LogP) is 1.64. The lowest BCUT2D eigenvalue weighted by Gasteiger charge is -2.04. The maximum absolute atomic E-state index is 4.64. The molecule has 4 heteroatoms. The topological polar surface area (TPSA) is 51.0 Å². The Morgan fingerprint density at radius 3 is 2.93 bits per heavy atom. The van der Waals surface area contributed by atoms with Crippen molar-refractivity contribution in [3.63, 3.8) is 0 Å². The average molecular weight is 197 g/mol. The van der Waals surface area contributed by atoms with E-state index in [2.05, 4.69) is 33.8 Å². The lowest BCUT2D eigenvalue weighted by Crippen LogP contribution is -2.19. The second kappa shape index (κ2) is 6.54. The van der Waals surface area contributed by atoms with Crippen molar-refractivity contribution in [2.75, 3.05) is 13.1 Å². The molecule has 0 amide bonds. The molecule has 0 unspecified atom stereocenters. The number of nitrogens with zero attached hydrogens (tertiary/aromatic N) is 2. The van der Waals surface area contributed by atoms with Crippen LogP contribution >= 0.6 is 0 Å². The molecule has 0 atom stereocenters. The number of hydrogen-bond donors (Lipinski definition) is 1. The van der Waals surface area contributed by atoms with Crippen molar-refractivity contribution in [3.8, 4) is 0 Å². The minimum absolute atomic E-state index is 0.779. The van der Waals surface area contributed by atoms with E-state index < -0.39 is 0 Å². The van der Waals surface area contributed by atoms with Gasteiger partial charge in [0.15, 0.2) is 5.82 Å². The van der Waals surface area contributed by atoms with Crippen molar-refractivity contribution in [1.29, 1.82) is 0 Å². The molecule has 1 N–H and O–H groups in total. The average Bonchev–Trinajstić information content (AvgIpc) is 2.63. The second-order valence-corrected chi connectivity index (χ2v) is 3.88. The summed E-state index contributed by atoms with van der Waals surface area (Å²) in [5.74, 6) is 1.58. The van der Waals surface area contributed by atoms with Gasteiger partial charge in [0, 0.05) is 13.0 Å². The Morgan fingerprint density at radius 1 is 1.43 bits per heavy atom. The Labute approximate surface area is 85.1 Å². The van der Waals surface area contributed by atoms with Crippen LogP contribution in [0, 0.1) is 5.92 Å². The third kappa shape index (κ3) is 4.97. The van der Waals surface area contributed by atoms with Crippen LogP contribution in [-0.2, 0) is 6.42 Å². The van der Waals surface area contributed by atoms with Crippen LogP contribution in [0.3, 0.4) is 0 Å². The van der Waals surface area contributed by atoms with Crippen LogP contribution in [0.5, 0.6) is 0 Å². The quantitative estimate of drug-likeness (QED) is 0.675. The summed E-state index contributed by atoms with van der Waals surface area (Å²) in [6.07, 6.45) is 4.74. The van der Waals surface area contributed by atoms with Gasteiger partial charge in [-0.15, -0.1) is 0 Å². The summed E-state index contributed by atoms with van der Waals surface area (Å²) in [5, 5.41) is 7.09. The first-order valence-electron chi connectivity index (χ1n) is 5.25. The Bertz CT molecular complexity index is 221. The molecular formula is C10H19N3O. The number of rotatable bonds is 7. The minimum atomic E-state index is 0.779. The number of nitrogens with one attached hydrogen (secondary N) is 1. The zero-order valence-corrected chi connectivity index (χ0v) is 8.99. The molecule has 80 valence electrons. The van der Waals surface area contributed by atoms with Crippen LogP contribution in [0.1, 0.15) is 32.5 Å². The van der Waals surface area contributed by atoms with Gasteiger partial charge in [0.2, 0.25) is 6.39 Å². The zero-order valence-electron chi connectivity index (χ0n) is 8.99. The summed E-state index contributed by atoms with van der Waals surface area (Å²) in [5.41, 5.74) is 0. The van der Waals surface area contributed by atoms with E-state index in [1.54, 1.807) is 0 Å². The minimum Gasteiger partial charge on any atom is -0.343 e. The van der Waals surface area contributed by atoms with E-state index in [9.17, 15) is 0 Å². The van der Waals surface area contributed by atoms with Crippen molar-refractivity contribution >= 4 is 0 Å². The highest BCUT2D eigenvalue weighted by atomic mass is 16.5. The van der Waals surface area contributed by atoms with Crippen molar-refractivity contribution in [3.05, 3.63) is 12.2 Å². The van der Waals surface area contributed by atoms with E-state index in [1.165, 1.54) is 19.2 Å². The van der Waals surface area contributed by atoms with Gasteiger partial charge in [0.1, 0.15) is 0 Å². The van der Waals surface area contributed by atoms with Gasteiger partial charge in [-0.25, -0.2) is 0 Å². The molecule has 1 rings (SSSR count).